The van der Waals surface area contributed by atoms with Crippen molar-refractivity contribution in [2.24, 2.45) is 0 Å². The Balaban J connectivity index is 2.12. The van der Waals surface area contributed by atoms with Crippen LogP contribution >= 0.6 is 0 Å². The first kappa shape index (κ1) is 17.2. The van der Waals surface area contributed by atoms with Gasteiger partial charge in [-0.2, -0.15) is 5.26 Å². The van der Waals surface area contributed by atoms with Crippen LogP contribution < -0.4 is 14.8 Å². The number of halogens is 1. The van der Waals surface area contributed by atoms with Crippen LogP contribution in [0.2, 0.25) is 0 Å². The molecule has 5 nitrogen and oxygen atoms in total. The molecule has 1 heterocycles. The number of methoxy groups -OCH3 is 2. The van der Waals surface area contributed by atoms with Gasteiger partial charge in [0, 0.05) is 23.6 Å². The number of benzene rings is 2. The number of ether oxygens (including phenoxy) is 2. The maximum absolute atomic E-state index is 13.5. The van der Waals surface area contributed by atoms with E-state index in [9.17, 15) is 9.65 Å². The van der Waals surface area contributed by atoms with E-state index in [1.807, 2.05) is 6.07 Å². The lowest BCUT2D eigenvalue weighted by Crippen LogP contribution is -1.99. The van der Waals surface area contributed by atoms with Gasteiger partial charge >= 0.3 is 0 Å². The fraction of sp³-hybridized carbons (Fsp3) is 0.100. The van der Waals surface area contributed by atoms with E-state index in [1.54, 1.807) is 44.7 Å². The number of aromatic nitrogens is 1. The topological polar surface area (TPSA) is 67.2 Å². The van der Waals surface area contributed by atoms with Gasteiger partial charge in [-0.1, -0.05) is 12.1 Å². The molecule has 0 aliphatic rings. The molecule has 3 rings (SSSR count). The van der Waals surface area contributed by atoms with E-state index < -0.39 is 0 Å². The summed E-state index contributed by atoms with van der Waals surface area (Å²) in [5.41, 5.74) is 2.90. The molecular weight excluding hydrogens is 333 g/mol. The molecule has 0 atom stereocenters. The zero-order valence-electron chi connectivity index (χ0n) is 14.3. The second-order valence-corrected chi connectivity index (χ2v) is 5.43. The Hall–Kier alpha value is -3.59. The fourth-order valence-electron chi connectivity index (χ4n) is 2.61. The normalized spacial score (nSPS) is 10.1. The van der Waals surface area contributed by atoms with Crippen molar-refractivity contribution in [3.8, 4) is 28.7 Å². The summed E-state index contributed by atoms with van der Waals surface area (Å²) in [5, 5.41) is 12.6. The molecule has 1 N–H and O–H groups in total. The van der Waals surface area contributed by atoms with Gasteiger partial charge in [-0.3, -0.25) is 4.98 Å². The zero-order chi connectivity index (χ0) is 18.5. The molecule has 0 unspecified atom stereocenters. The Bertz CT molecular complexity index is 983. The maximum Gasteiger partial charge on any atom is 0.161 e. The third-order valence-corrected chi connectivity index (χ3v) is 3.85. The van der Waals surface area contributed by atoms with Gasteiger partial charge in [-0.15, -0.1) is 0 Å². The fourth-order valence-corrected chi connectivity index (χ4v) is 2.61. The second-order valence-electron chi connectivity index (χ2n) is 5.43. The molecule has 0 saturated heterocycles. The summed E-state index contributed by atoms with van der Waals surface area (Å²) < 4.78 is 24.1. The predicted octanol–water partition coefficient (Wildman–Crippen LogP) is 4.52. The molecule has 26 heavy (non-hydrogen) atoms. The lowest BCUT2D eigenvalue weighted by molar-refractivity contribution is 0.355. The number of nitrogens with one attached hydrogen (secondary N) is 1. The molecule has 130 valence electrons. The minimum atomic E-state index is -0.366. The molecule has 0 bridgehead atoms. The van der Waals surface area contributed by atoms with Crippen LogP contribution in [0.15, 0.2) is 54.9 Å². The van der Waals surface area contributed by atoms with E-state index >= 15 is 0 Å². The Morgan fingerprint density at radius 2 is 1.85 bits per heavy atom. The van der Waals surface area contributed by atoms with Crippen molar-refractivity contribution in [2.75, 3.05) is 19.5 Å². The van der Waals surface area contributed by atoms with Crippen LogP contribution in [0.5, 0.6) is 11.5 Å². The highest BCUT2D eigenvalue weighted by Gasteiger charge is 2.14. The third kappa shape index (κ3) is 3.42. The monoisotopic (exact) mass is 349 g/mol. The number of hydrogen-bond donors (Lipinski definition) is 1. The summed E-state index contributed by atoms with van der Waals surface area (Å²) in [4.78, 5) is 4.14. The summed E-state index contributed by atoms with van der Waals surface area (Å²) in [7, 11) is 3.11. The van der Waals surface area contributed by atoms with Crippen molar-refractivity contribution in [1.82, 2.24) is 4.98 Å². The lowest BCUT2D eigenvalue weighted by Gasteiger charge is -2.15. The van der Waals surface area contributed by atoms with Crippen LogP contribution in [0.3, 0.4) is 0 Å². The van der Waals surface area contributed by atoms with Gasteiger partial charge in [-0.05, 0) is 35.9 Å². The standard InChI is InChI=1S/C20H16FN3O2/c1-25-18-7-6-13(8-19(18)26-2)17-12-23-11-14(10-22)20(17)24-16-5-3-4-15(21)9-16/h3-9,11-12H,1-2H3,(H,23,24). The Morgan fingerprint density at radius 1 is 1.04 bits per heavy atom. The average Bonchev–Trinajstić information content (AvgIpc) is 2.67. The number of rotatable bonds is 5. The average molecular weight is 349 g/mol. The summed E-state index contributed by atoms with van der Waals surface area (Å²) >= 11 is 0. The Labute approximate surface area is 150 Å². The molecule has 0 amide bonds. The van der Waals surface area contributed by atoms with E-state index in [-0.39, 0.29) is 5.82 Å². The summed E-state index contributed by atoms with van der Waals surface area (Å²) in [6, 6.07) is 13.6. The largest absolute Gasteiger partial charge is 0.493 e. The highest BCUT2D eigenvalue weighted by molar-refractivity contribution is 5.85. The number of nitrogens with zero attached hydrogens (tertiary/aromatic N) is 2. The van der Waals surface area contributed by atoms with Gasteiger partial charge in [0.25, 0.3) is 0 Å². The van der Waals surface area contributed by atoms with Crippen molar-refractivity contribution in [3.63, 3.8) is 0 Å². The molecule has 2 aromatic carbocycles. The van der Waals surface area contributed by atoms with E-state index in [0.717, 1.165) is 5.56 Å². The number of nitriles is 1. The van der Waals surface area contributed by atoms with Crippen LogP contribution in [0, 0.1) is 17.1 Å². The van der Waals surface area contributed by atoms with E-state index in [4.69, 9.17) is 9.47 Å². The van der Waals surface area contributed by atoms with Crippen LogP contribution in [-0.4, -0.2) is 19.2 Å². The van der Waals surface area contributed by atoms with Crippen LogP contribution in [-0.2, 0) is 0 Å². The van der Waals surface area contributed by atoms with Crippen LogP contribution in [0.25, 0.3) is 11.1 Å². The molecule has 6 heteroatoms. The number of pyridine rings is 1. The second kappa shape index (κ2) is 7.53. The van der Waals surface area contributed by atoms with Crippen molar-refractivity contribution in [1.29, 1.82) is 5.26 Å². The first-order chi connectivity index (χ1) is 12.7. The molecule has 3 aromatic rings. The van der Waals surface area contributed by atoms with Gasteiger partial charge in [0.2, 0.25) is 0 Å². The molecule has 0 aliphatic heterocycles. The van der Waals surface area contributed by atoms with Gasteiger partial charge in [0.05, 0.1) is 25.5 Å². The molecule has 1 aromatic heterocycles. The third-order valence-electron chi connectivity index (χ3n) is 3.85. The summed E-state index contributed by atoms with van der Waals surface area (Å²) in [6.45, 7) is 0. The van der Waals surface area contributed by atoms with Crippen molar-refractivity contribution >= 4 is 11.4 Å². The van der Waals surface area contributed by atoms with Crippen molar-refractivity contribution in [3.05, 3.63) is 66.2 Å². The summed E-state index contributed by atoms with van der Waals surface area (Å²) in [5.74, 6) is 0.791. The Morgan fingerprint density at radius 3 is 2.54 bits per heavy atom. The van der Waals surface area contributed by atoms with Gasteiger partial charge in [-0.25, -0.2) is 4.39 Å². The minimum absolute atomic E-state index is 0.349. The first-order valence-corrected chi connectivity index (χ1v) is 7.79. The quantitative estimate of drug-likeness (QED) is 0.733. The summed E-state index contributed by atoms with van der Waals surface area (Å²) in [6.07, 6.45) is 3.11. The molecule has 0 radical (unpaired) electrons. The molecular formula is C20H16FN3O2. The van der Waals surface area contributed by atoms with E-state index in [0.29, 0.717) is 34.0 Å². The van der Waals surface area contributed by atoms with Crippen LogP contribution in [0.1, 0.15) is 5.56 Å². The Kier molecular flexibility index (Phi) is 4.99. The van der Waals surface area contributed by atoms with Gasteiger partial charge in [0.15, 0.2) is 11.5 Å². The maximum atomic E-state index is 13.5. The smallest absolute Gasteiger partial charge is 0.161 e. The van der Waals surface area contributed by atoms with E-state index in [2.05, 4.69) is 16.4 Å². The minimum Gasteiger partial charge on any atom is -0.493 e. The molecule has 0 aliphatic carbocycles. The molecule has 0 spiro atoms. The molecule has 0 saturated carbocycles. The SMILES string of the molecule is COc1ccc(-c2cncc(C#N)c2Nc2cccc(F)c2)cc1OC. The highest BCUT2D eigenvalue weighted by atomic mass is 19.1. The number of hydrogen-bond acceptors (Lipinski definition) is 5. The van der Waals surface area contributed by atoms with Gasteiger partial charge in [0.1, 0.15) is 11.9 Å². The first-order valence-electron chi connectivity index (χ1n) is 7.79. The predicted molar refractivity (Wildman–Crippen MR) is 97.2 cm³/mol. The highest BCUT2D eigenvalue weighted by Crippen LogP contribution is 2.37. The lowest BCUT2D eigenvalue weighted by atomic mass is 10.0. The van der Waals surface area contributed by atoms with Gasteiger partial charge < -0.3 is 14.8 Å². The van der Waals surface area contributed by atoms with E-state index in [1.165, 1.54) is 18.3 Å². The van der Waals surface area contributed by atoms with Crippen molar-refractivity contribution < 1.29 is 13.9 Å². The molecule has 0 fully saturated rings. The van der Waals surface area contributed by atoms with Crippen LogP contribution in [0.4, 0.5) is 15.8 Å². The van der Waals surface area contributed by atoms with Crippen molar-refractivity contribution in [2.45, 2.75) is 0 Å². The number of anilines is 2. The zero-order valence-corrected chi connectivity index (χ0v) is 14.3.